The van der Waals surface area contributed by atoms with Crippen LogP contribution in [0.25, 0.3) is 43.1 Å². The highest BCUT2D eigenvalue weighted by Crippen LogP contribution is 2.53. The maximum atomic E-state index is 15.2. The van der Waals surface area contributed by atoms with Crippen LogP contribution in [0.3, 0.4) is 0 Å². The van der Waals surface area contributed by atoms with Gasteiger partial charge in [-0.25, -0.2) is 4.79 Å². The zero-order chi connectivity index (χ0) is 55.9. The van der Waals surface area contributed by atoms with Gasteiger partial charge in [-0.1, -0.05) is 155 Å². The minimum absolute atomic E-state index is 0.153. The number of fused-ring (bicyclic) bond motifs is 2. The number of ether oxygens (including phenoxy) is 3. The second-order valence-electron chi connectivity index (χ2n) is 22.5. The van der Waals surface area contributed by atoms with Crippen LogP contribution >= 0.6 is 0 Å². The van der Waals surface area contributed by atoms with Crippen LogP contribution in [0, 0.1) is 17.8 Å². The van der Waals surface area contributed by atoms with Crippen molar-refractivity contribution in [3.63, 3.8) is 0 Å². The highest BCUT2D eigenvalue weighted by Gasteiger charge is 2.39. The molecule has 0 saturated carbocycles. The number of hydrogen-bond acceptors (Lipinski definition) is 8. The number of nitrogens with zero attached hydrogens (tertiary/aromatic N) is 2. The molecule has 3 unspecified atom stereocenters. The Bertz CT molecular complexity index is 3390. The Kier molecular flexibility index (Phi) is 18.2. The maximum absolute atomic E-state index is 15.2. The summed E-state index contributed by atoms with van der Waals surface area (Å²) in [5, 5.41) is 5.15. The molecule has 7 aromatic carbocycles. The van der Waals surface area contributed by atoms with Crippen LogP contribution < -0.4 is 9.47 Å². The van der Waals surface area contributed by atoms with E-state index in [1.807, 2.05) is 48.5 Å². The van der Waals surface area contributed by atoms with Crippen LogP contribution in [-0.2, 0) is 22.4 Å². The minimum Gasteiger partial charge on any atom is -0.462 e. The van der Waals surface area contributed by atoms with Crippen molar-refractivity contribution in [2.75, 3.05) is 19.7 Å². The molecule has 0 N–H and O–H groups in total. The third-order valence-electron chi connectivity index (χ3n) is 17.0. The minimum atomic E-state index is -0.444. The fourth-order valence-corrected chi connectivity index (χ4v) is 12.2. The average molecular weight is 1070 g/mol. The molecule has 10 nitrogen and oxygen atoms in total. The van der Waals surface area contributed by atoms with Gasteiger partial charge in [0.15, 0.2) is 0 Å². The summed E-state index contributed by atoms with van der Waals surface area (Å²) < 4.78 is 19.4. The lowest BCUT2D eigenvalue weighted by Gasteiger charge is -2.32. The first-order valence-corrected chi connectivity index (χ1v) is 29.7. The van der Waals surface area contributed by atoms with Crippen molar-refractivity contribution in [2.45, 2.75) is 158 Å². The Morgan fingerprint density at radius 1 is 0.481 bits per heavy atom. The van der Waals surface area contributed by atoms with Gasteiger partial charge < -0.3 is 14.2 Å². The van der Waals surface area contributed by atoms with Crippen molar-refractivity contribution in [3.8, 4) is 23.0 Å². The monoisotopic (exact) mass is 1060 g/mol. The summed E-state index contributed by atoms with van der Waals surface area (Å²) >= 11 is 0. The van der Waals surface area contributed by atoms with Crippen LogP contribution in [0.15, 0.2) is 97.1 Å². The van der Waals surface area contributed by atoms with E-state index in [1.54, 1.807) is 19.1 Å². The number of unbranched alkanes of at least 4 members (excludes halogenated alkanes) is 5. The molecule has 10 heteroatoms. The van der Waals surface area contributed by atoms with Crippen molar-refractivity contribution < 1.29 is 38.2 Å². The zero-order valence-electron chi connectivity index (χ0n) is 47.8. The van der Waals surface area contributed by atoms with E-state index in [-0.39, 0.29) is 30.9 Å². The molecule has 2 aliphatic heterocycles. The Morgan fingerprint density at radius 2 is 0.911 bits per heavy atom. The molecular weight excluding hydrogens is 985 g/mol. The van der Waals surface area contributed by atoms with Crippen molar-refractivity contribution in [2.24, 2.45) is 17.8 Å². The molecule has 0 aliphatic carbocycles. The number of hydrogen-bond donors (Lipinski definition) is 0. The van der Waals surface area contributed by atoms with Crippen molar-refractivity contribution in [3.05, 3.63) is 130 Å². The second kappa shape index (κ2) is 25.4. The first kappa shape index (κ1) is 56.6. The molecule has 0 saturated heterocycles. The van der Waals surface area contributed by atoms with E-state index < -0.39 is 17.8 Å². The Labute approximate surface area is 467 Å². The molecule has 0 fully saturated rings. The third-order valence-corrected chi connectivity index (χ3v) is 17.0. The van der Waals surface area contributed by atoms with Crippen LogP contribution in [0.4, 0.5) is 0 Å². The number of carbonyl (C=O) groups excluding carboxylic acids is 5. The molecule has 0 spiro atoms. The standard InChI is InChI=1S/C69H80N2O8/c1-9-15-21-44(12-4)38-47-24-28-49(29-25-47)78-57-40-55-59-53(65(72)70(67(55)74)36-19-18-20-37-77-69(76)43(7)8)34-32-51-62-58(79-50-30-26-48(27-31-50)39-45(13-5)22-16-10-2)41-56-60-54(35-33-52(64(60)62)61(57)63(51)59)66(73)71(68(56)75)42-46(14-6)23-17-11-3/h24-35,40-41,44-46H,7,9-23,36-39,42H2,1-6,8H3. The van der Waals surface area contributed by atoms with E-state index in [0.717, 1.165) is 57.8 Å². The predicted octanol–water partition coefficient (Wildman–Crippen LogP) is 17.5. The summed E-state index contributed by atoms with van der Waals surface area (Å²) in [7, 11) is 0. The summed E-state index contributed by atoms with van der Waals surface area (Å²) in [6, 6.07) is 27.6. The van der Waals surface area contributed by atoms with E-state index in [9.17, 15) is 14.4 Å². The normalized spacial score (nSPS) is 14.5. The quantitative estimate of drug-likeness (QED) is 0.0114. The van der Waals surface area contributed by atoms with Gasteiger partial charge in [0.1, 0.15) is 23.0 Å². The fraction of sp³-hybridized carbons (Fsp3) is 0.435. The lowest BCUT2D eigenvalue weighted by atomic mass is 9.81. The van der Waals surface area contributed by atoms with Gasteiger partial charge in [0.2, 0.25) is 0 Å². The van der Waals surface area contributed by atoms with E-state index in [4.69, 9.17) is 14.2 Å². The van der Waals surface area contributed by atoms with Crippen LogP contribution in [0.2, 0.25) is 0 Å². The lowest BCUT2D eigenvalue weighted by molar-refractivity contribution is -0.139. The molecule has 4 amide bonds. The van der Waals surface area contributed by atoms with Crippen molar-refractivity contribution >= 4 is 72.7 Å². The molecule has 79 heavy (non-hydrogen) atoms. The molecule has 9 rings (SSSR count). The molecule has 0 bridgehead atoms. The smallest absolute Gasteiger partial charge is 0.333 e. The Morgan fingerprint density at radius 3 is 1.35 bits per heavy atom. The Hall–Kier alpha value is -7.07. The topological polar surface area (TPSA) is 120 Å². The molecule has 2 heterocycles. The summed E-state index contributed by atoms with van der Waals surface area (Å²) in [5.74, 6) is 1.39. The molecular formula is C69H80N2O8. The van der Waals surface area contributed by atoms with E-state index in [0.29, 0.717) is 132 Å². The van der Waals surface area contributed by atoms with Crippen molar-refractivity contribution in [1.29, 1.82) is 0 Å². The largest absolute Gasteiger partial charge is 0.462 e. The van der Waals surface area contributed by atoms with E-state index in [1.165, 1.54) is 53.0 Å². The number of amides is 4. The van der Waals surface area contributed by atoms with Gasteiger partial charge in [0.05, 0.1) is 17.7 Å². The molecule has 3 atom stereocenters. The van der Waals surface area contributed by atoms with Crippen LogP contribution in [0.1, 0.15) is 197 Å². The van der Waals surface area contributed by atoms with Gasteiger partial charge in [0.25, 0.3) is 23.6 Å². The number of carbonyl (C=O) groups is 5. The molecule has 2 aliphatic rings. The molecule has 0 aromatic heterocycles. The van der Waals surface area contributed by atoms with Gasteiger partial charge >= 0.3 is 5.97 Å². The zero-order valence-corrected chi connectivity index (χ0v) is 47.8. The SMILES string of the molecule is C=C(C)C(=O)OCCCCCN1C(=O)c2ccc3c4c(Oc5ccc(CC(CC)CCCC)cc5)cc5c6c(ccc(c7c(Oc8ccc(CC(CC)CCCC)cc8)cc(c2c37)C1=O)c64)C(=O)N(CC(CC)CCCC)C5=O. The highest BCUT2D eigenvalue weighted by molar-refractivity contribution is 6.43. The van der Waals surface area contributed by atoms with E-state index in [2.05, 4.69) is 72.4 Å². The second-order valence-corrected chi connectivity index (χ2v) is 22.5. The van der Waals surface area contributed by atoms with Crippen LogP contribution in [-0.4, -0.2) is 59.1 Å². The highest BCUT2D eigenvalue weighted by atomic mass is 16.5. The Balaban J connectivity index is 1.23. The fourth-order valence-electron chi connectivity index (χ4n) is 12.2. The van der Waals surface area contributed by atoms with Gasteiger partial charge in [0, 0.05) is 62.1 Å². The summed E-state index contributed by atoms with van der Waals surface area (Å²) in [6.45, 7) is 19.2. The molecule has 0 radical (unpaired) electrons. The summed E-state index contributed by atoms with van der Waals surface area (Å²) in [5.41, 5.74) is 4.34. The van der Waals surface area contributed by atoms with E-state index >= 15 is 9.59 Å². The number of imide groups is 2. The summed E-state index contributed by atoms with van der Waals surface area (Å²) in [6.07, 6.45) is 16.7. The number of esters is 1. The van der Waals surface area contributed by atoms with Gasteiger partial charge in [-0.05, 0) is 134 Å². The third kappa shape index (κ3) is 11.7. The maximum Gasteiger partial charge on any atom is 0.333 e. The van der Waals surface area contributed by atoms with Gasteiger partial charge in [-0.15, -0.1) is 0 Å². The van der Waals surface area contributed by atoms with Crippen LogP contribution in [0.5, 0.6) is 23.0 Å². The summed E-state index contributed by atoms with van der Waals surface area (Å²) in [4.78, 5) is 74.7. The predicted molar refractivity (Wildman–Crippen MR) is 318 cm³/mol. The average Bonchev–Trinajstić information content (AvgIpc) is 3.64. The first-order chi connectivity index (χ1) is 38.3. The lowest BCUT2D eigenvalue weighted by Crippen LogP contribution is -2.43. The van der Waals surface area contributed by atoms with Crippen molar-refractivity contribution in [1.82, 2.24) is 9.80 Å². The number of rotatable bonds is 29. The van der Waals surface area contributed by atoms with Gasteiger partial charge in [-0.2, -0.15) is 0 Å². The number of benzene rings is 7. The first-order valence-electron chi connectivity index (χ1n) is 29.7. The van der Waals surface area contributed by atoms with Gasteiger partial charge in [-0.3, -0.25) is 29.0 Å². The molecule has 7 aromatic rings. The molecule has 414 valence electrons.